The molecule has 0 aliphatic heterocycles. The third-order valence-electron chi connectivity index (χ3n) is 3.46. The number of carboxylic acid groups (broad SMARTS) is 1. The fourth-order valence-electron chi connectivity index (χ4n) is 2.14. The van der Waals surface area contributed by atoms with Gasteiger partial charge in [0.25, 0.3) is 0 Å². The molecule has 0 aliphatic rings. The molecule has 0 amide bonds. The number of carboxylic acids is 1. The quantitative estimate of drug-likeness (QED) is 0.632. The Bertz CT molecular complexity index is 761. The summed E-state index contributed by atoms with van der Waals surface area (Å²) in [6, 6.07) is 17.3. The van der Waals surface area contributed by atoms with E-state index in [0.29, 0.717) is 0 Å². The van der Waals surface area contributed by atoms with E-state index in [1.54, 1.807) is 31.1 Å². The largest absolute Gasteiger partial charge is 0.477 e. The Morgan fingerprint density at radius 3 is 2.29 bits per heavy atom. The van der Waals surface area contributed by atoms with Crippen LogP contribution in [0, 0.1) is 0 Å². The third-order valence-corrected chi connectivity index (χ3v) is 3.46. The summed E-state index contributed by atoms with van der Waals surface area (Å²) in [6.07, 6.45) is 3.40. The van der Waals surface area contributed by atoms with Crippen LogP contribution in [-0.2, 0) is 4.79 Å². The molecular formula is C20H21NO3. The van der Waals surface area contributed by atoms with E-state index >= 15 is 0 Å². The Morgan fingerprint density at radius 2 is 1.67 bits per heavy atom. The second-order valence-corrected chi connectivity index (χ2v) is 5.54. The first-order valence-corrected chi connectivity index (χ1v) is 7.60. The maximum absolute atomic E-state index is 11.2. The SMILES string of the molecule is C/C(=C/C=C(/C(=O)O)N(C)C)c1cccc(Oc2ccccc2)c1. The average molecular weight is 323 g/mol. The van der Waals surface area contributed by atoms with Gasteiger partial charge in [-0.05, 0) is 48.4 Å². The molecule has 2 aromatic rings. The highest BCUT2D eigenvalue weighted by Gasteiger charge is 2.08. The van der Waals surface area contributed by atoms with Crippen LogP contribution in [0.5, 0.6) is 11.5 Å². The number of nitrogens with zero attached hydrogens (tertiary/aromatic N) is 1. The smallest absolute Gasteiger partial charge is 0.352 e. The highest BCUT2D eigenvalue weighted by molar-refractivity contribution is 5.86. The molecule has 0 saturated carbocycles. The minimum absolute atomic E-state index is 0.228. The summed E-state index contributed by atoms with van der Waals surface area (Å²) in [5.74, 6) is 0.559. The molecule has 0 spiro atoms. The van der Waals surface area contributed by atoms with E-state index in [0.717, 1.165) is 22.6 Å². The number of hydrogen-bond acceptors (Lipinski definition) is 3. The van der Waals surface area contributed by atoms with Crippen LogP contribution in [0.4, 0.5) is 0 Å². The Balaban J connectivity index is 2.22. The summed E-state index contributed by atoms with van der Waals surface area (Å²) in [6.45, 7) is 1.94. The van der Waals surface area contributed by atoms with Crippen molar-refractivity contribution in [2.24, 2.45) is 0 Å². The number of hydrogen-bond donors (Lipinski definition) is 1. The molecule has 0 heterocycles. The molecule has 24 heavy (non-hydrogen) atoms. The van der Waals surface area contributed by atoms with E-state index in [2.05, 4.69) is 0 Å². The summed E-state index contributed by atoms with van der Waals surface area (Å²) in [5.41, 5.74) is 2.16. The summed E-state index contributed by atoms with van der Waals surface area (Å²) >= 11 is 0. The number of carbonyl (C=O) groups is 1. The molecule has 0 radical (unpaired) electrons. The molecule has 124 valence electrons. The number of likely N-dealkylation sites (N-methyl/N-ethyl adjacent to an activating group) is 1. The van der Waals surface area contributed by atoms with E-state index in [1.807, 2.05) is 61.5 Å². The van der Waals surface area contributed by atoms with E-state index in [9.17, 15) is 9.90 Å². The van der Waals surface area contributed by atoms with Gasteiger partial charge in [-0.15, -0.1) is 0 Å². The van der Waals surface area contributed by atoms with Crippen molar-refractivity contribution in [3.05, 3.63) is 78.0 Å². The maximum Gasteiger partial charge on any atom is 0.352 e. The van der Waals surface area contributed by atoms with Gasteiger partial charge in [0.1, 0.15) is 17.2 Å². The lowest BCUT2D eigenvalue weighted by atomic mass is 10.1. The van der Waals surface area contributed by atoms with Gasteiger partial charge in [0.15, 0.2) is 0 Å². The molecule has 0 aliphatic carbocycles. The molecule has 0 fully saturated rings. The monoisotopic (exact) mass is 323 g/mol. The van der Waals surface area contributed by atoms with Crippen LogP contribution in [0.2, 0.25) is 0 Å². The van der Waals surface area contributed by atoms with Crippen LogP contribution in [0.15, 0.2) is 72.4 Å². The highest BCUT2D eigenvalue weighted by Crippen LogP contribution is 2.25. The normalized spacial score (nSPS) is 12.0. The van der Waals surface area contributed by atoms with Gasteiger partial charge in [-0.2, -0.15) is 0 Å². The lowest BCUT2D eigenvalue weighted by Crippen LogP contribution is -2.18. The zero-order valence-electron chi connectivity index (χ0n) is 14.1. The second kappa shape index (κ2) is 8.02. The van der Waals surface area contributed by atoms with Gasteiger partial charge in [-0.25, -0.2) is 4.79 Å². The fourth-order valence-corrected chi connectivity index (χ4v) is 2.14. The number of ether oxygens (including phenoxy) is 1. The van der Waals surface area contributed by atoms with E-state index in [1.165, 1.54) is 0 Å². The van der Waals surface area contributed by atoms with Gasteiger partial charge in [-0.1, -0.05) is 36.4 Å². The van der Waals surface area contributed by atoms with Crippen molar-refractivity contribution in [2.75, 3.05) is 14.1 Å². The number of para-hydroxylation sites is 1. The Kier molecular flexibility index (Phi) is 5.79. The lowest BCUT2D eigenvalue weighted by molar-refractivity contribution is -0.134. The van der Waals surface area contributed by atoms with Crippen molar-refractivity contribution in [3.8, 4) is 11.5 Å². The fraction of sp³-hybridized carbons (Fsp3) is 0.150. The Hall–Kier alpha value is -3.01. The second-order valence-electron chi connectivity index (χ2n) is 5.54. The molecule has 4 nitrogen and oxygen atoms in total. The Labute approximate surface area is 142 Å². The maximum atomic E-state index is 11.2. The van der Waals surface area contributed by atoms with Gasteiger partial charge in [-0.3, -0.25) is 0 Å². The summed E-state index contributed by atoms with van der Waals surface area (Å²) in [4.78, 5) is 12.8. The van der Waals surface area contributed by atoms with Crippen molar-refractivity contribution in [1.82, 2.24) is 4.90 Å². The first kappa shape index (κ1) is 17.3. The zero-order chi connectivity index (χ0) is 17.5. The van der Waals surface area contributed by atoms with Gasteiger partial charge >= 0.3 is 5.97 Å². The van der Waals surface area contributed by atoms with E-state index in [-0.39, 0.29) is 5.70 Å². The van der Waals surface area contributed by atoms with Crippen LogP contribution in [0.1, 0.15) is 12.5 Å². The number of rotatable bonds is 6. The van der Waals surface area contributed by atoms with Gasteiger partial charge in [0.2, 0.25) is 0 Å². The van der Waals surface area contributed by atoms with Gasteiger partial charge in [0.05, 0.1) is 0 Å². The van der Waals surface area contributed by atoms with Crippen molar-refractivity contribution in [1.29, 1.82) is 0 Å². The molecular weight excluding hydrogens is 302 g/mol. The lowest BCUT2D eigenvalue weighted by Gasteiger charge is -2.12. The van der Waals surface area contributed by atoms with E-state index < -0.39 is 5.97 Å². The minimum atomic E-state index is -0.954. The molecule has 1 N–H and O–H groups in total. The molecule has 4 heteroatoms. The first-order valence-electron chi connectivity index (χ1n) is 7.60. The minimum Gasteiger partial charge on any atom is -0.477 e. The number of aliphatic carboxylic acids is 1. The van der Waals surface area contributed by atoms with Crippen molar-refractivity contribution in [3.63, 3.8) is 0 Å². The van der Waals surface area contributed by atoms with Crippen LogP contribution in [-0.4, -0.2) is 30.1 Å². The molecule has 0 bridgehead atoms. The van der Waals surface area contributed by atoms with E-state index in [4.69, 9.17) is 4.74 Å². The number of benzene rings is 2. The molecule has 2 rings (SSSR count). The van der Waals surface area contributed by atoms with Crippen molar-refractivity contribution in [2.45, 2.75) is 6.92 Å². The number of allylic oxidation sites excluding steroid dienone is 3. The topological polar surface area (TPSA) is 49.8 Å². The van der Waals surface area contributed by atoms with Crippen LogP contribution in [0.3, 0.4) is 0 Å². The van der Waals surface area contributed by atoms with Crippen LogP contribution >= 0.6 is 0 Å². The summed E-state index contributed by atoms with van der Waals surface area (Å²) in [7, 11) is 3.41. The molecule has 0 unspecified atom stereocenters. The van der Waals surface area contributed by atoms with Crippen molar-refractivity contribution < 1.29 is 14.6 Å². The molecule has 0 atom stereocenters. The standard InChI is InChI=1S/C20H21NO3/c1-15(12-13-19(20(22)23)21(2)3)16-8-7-11-18(14-16)24-17-9-5-4-6-10-17/h4-14H,1-3H3,(H,22,23)/b15-12-,19-13-. The molecule has 2 aromatic carbocycles. The van der Waals surface area contributed by atoms with Gasteiger partial charge < -0.3 is 14.7 Å². The molecule has 0 aromatic heterocycles. The first-order chi connectivity index (χ1) is 11.5. The van der Waals surface area contributed by atoms with Crippen LogP contribution < -0.4 is 4.74 Å². The van der Waals surface area contributed by atoms with Crippen molar-refractivity contribution >= 4 is 11.5 Å². The Morgan fingerprint density at radius 1 is 1.00 bits per heavy atom. The average Bonchev–Trinajstić information content (AvgIpc) is 2.55. The zero-order valence-corrected chi connectivity index (χ0v) is 14.1. The third kappa shape index (κ3) is 4.74. The highest BCUT2D eigenvalue weighted by atomic mass is 16.5. The molecule has 0 saturated heterocycles. The van der Waals surface area contributed by atoms with Crippen LogP contribution in [0.25, 0.3) is 5.57 Å². The van der Waals surface area contributed by atoms with Gasteiger partial charge in [0, 0.05) is 14.1 Å². The summed E-state index contributed by atoms with van der Waals surface area (Å²) in [5, 5.41) is 9.18. The predicted molar refractivity (Wildman–Crippen MR) is 96.0 cm³/mol. The summed E-state index contributed by atoms with van der Waals surface area (Å²) < 4.78 is 5.83. The predicted octanol–water partition coefficient (Wildman–Crippen LogP) is 4.41.